The lowest BCUT2D eigenvalue weighted by atomic mass is 10.1. The molecule has 3 heterocycles. The van der Waals surface area contributed by atoms with Crippen LogP contribution in [0.1, 0.15) is 36.0 Å². The Morgan fingerprint density at radius 3 is 2.50 bits per heavy atom. The van der Waals surface area contributed by atoms with Crippen LogP contribution in [0.2, 0.25) is 0 Å². The fourth-order valence-electron chi connectivity index (χ4n) is 3.62. The maximum absolute atomic E-state index is 12.5. The number of amides is 2. The molecule has 0 bridgehead atoms. The fraction of sp³-hybridized carbons (Fsp3) is 0.391. The van der Waals surface area contributed by atoms with Crippen molar-refractivity contribution in [2.75, 3.05) is 37.6 Å². The molecule has 1 fully saturated rings. The van der Waals surface area contributed by atoms with Gasteiger partial charge in [-0.05, 0) is 36.4 Å². The predicted octanol–water partition coefficient (Wildman–Crippen LogP) is 3.91. The predicted molar refractivity (Wildman–Crippen MR) is 129 cm³/mol. The summed E-state index contributed by atoms with van der Waals surface area (Å²) < 4.78 is 0. The van der Waals surface area contributed by atoms with Gasteiger partial charge in [-0.1, -0.05) is 42.0 Å². The number of nitrogens with zero attached hydrogens (tertiary/aromatic N) is 4. The van der Waals surface area contributed by atoms with E-state index < -0.39 is 0 Å². The highest BCUT2D eigenvalue weighted by atomic mass is 32.1. The first kappa shape index (κ1) is 22.4. The van der Waals surface area contributed by atoms with Gasteiger partial charge in [0.1, 0.15) is 0 Å². The number of hydrogen-bond donors (Lipinski definition) is 1. The minimum Gasteiger partial charge on any atom is -0.352 e. The zero-order chi connectivity index (χ0) is 22.2. The van der Waals surface area contributed by atoms with Gasteiger partial charge < -0.3 is 15.1 Å². The molecule has 1 N–H and O–H groups in total. The zero-order valence-corrected chi connectivity index (χ0v) is 19.5. The Kier molecular flexibility index (Phi) is 7.84. The van der Waals surface area contributed by atoms with Gasteiger partial charge >= 0.3 is 0 Å². The molecule has 0 spiro atoms. The first-order chi connectivity index (χ1) is 15.7. The summed E-state index contributed by atoms with van der Waals surface area (Å²) in [5.41, 5.74) is 0.679. The molecule has 1 aromatic carbocycles. The standard InChI is InChI=1S/C23H27N5O2S2/c29-20(11-5-2-6-12-24-21(30)18-8-3-1-4-9-18)27-13-15-28(16-14-27)23-26-25-22(32-23)19-10-7-17-31-19/h1,3-4,7-10,17H,2,5-6,11-16H2,(H,24,30). The minimum absolute atomic E-state index is 0.0440. The maximum Gasteiger partial charge on any atom is 0.251 e. The topological polar surface area (TPSA) is 78.4 Å². The van der Waals surface area contributed by atoms with Gasteiger partial charge in [-0.15, -0.1) is 21.5 Å². The average Bonchev–Trinajstić information content (AvgIpc) is 3.54. The van der Waals surface area contributed by atoms with Crippen molar-refractivity contribution in [3.05, 3.63) is 53.4 Å². The lowest BCUT2D eigenvalue weighted by molar-refractivity contribution is -0.131. The molecule has 0 saturated carbocycles. The molecule has 1 saturated heterocycles. The van der Waals surface area contributed by atoms with Crippen molar-refractivity contribution < 1.29 is 9.59 Å². The molecule has 0 aliphatic carbocycles. The highest BCUT2D eigenvalue weighted by molar-refractivity contribution is 7.22. The van der Waals surface area contributed by atoms with Gasteiger partial charge in [0.05, 0.1) is 4.88 Å². The molecule has 168 valence electrons. The summed E-state index contributed by atoms with van der Waals surface area (Å²) in [6.07, 6.45) is 3.22. The van der Waals surface area contributed by atoms with Crippen molar-refractivity contribution in [1.29, 1.82) is 0 Å². The first-order valence-corrected chi connectivity index (χ1v) is 12.6. The maximum atomic E-state index is 12.5. The Hall–Kier alpha value is -2.78. The Morgan fingerprint density at radius 1 is 0.938 bits per heavy atom. The summed E-state index contributed by atoms with van der Waals surface area (Å²) in [5, 5.41) is 15.5. The summed E-state index contributed by atoms with van der Waals surface area (Å²) in [5.74, 6) is 0.173. The number of unbranched alkanes of at least 4 members (excludes halogenated alkanes) is 2. The second kappa shape index (κ2) is 11.2. The summed E-state index contributed by atoms with van der Waals surface area (Å²) in [7, 11) is 0. The Morgan fingerprint density at radius 2 is 1.75 bits per heavy atom. The highest BCUT2D eigenvalue weighted by Crippen LogP contribution is 2.31. The van der Waals surface area contributed by atoms with Crippen LogP contribution in [-0.4, -0.2) is 59.6 Å². The van der Waals surface area contributed by atoms with Crippen molar-refractivity contribution in [2.24, 2.45) is 0 Å². The molecule has 0 radical (unpaired) electrons. The number of carbonyl (C=O) groups excluding carboxylic acids is 2. The van der Waals surface area contributed by atoms with Crippen LogP contribution in [0.5, 0.6) is 0 Å². The SMILES string of the molecule is O=C(NCCCCCC(=O)N1CCN(c2nnc(-c3cccs3)s2)CC1)c1ccccc1. The van der Waals surface area contributed by atoms with Crippen LogP contribution in [-0.2, 0) is 4.79 Å². The van der Waals surface area contributed by atoms with E-state index in [1.54, 1.807) is 34.8 Å². The van der Waals surface area contributed by atoms with Crippen LogP contribution < -0.4 is 10.2 Å². The Bertz CT molecular complexity index is 999. The van der Waals surface area contributed by atoms with Crippen LogP contribution in [0.3, 0.4) is 0 Å². The number of thiophene rings is 1. The molecule has 3 aromatic rings. The van der Waals surface area contributed by atoms with E-state index in [1.165, 1.54) is 0 Å². The molecule has 0 unspecified atom stereocenters. The largest absolute Gasteiger partial charge is 0.352 e. The van der Waals surface area contributed by atoms with Gasteiger partial charge in [0.25, 0.3) is 5.91 Å². The van der Waals surface area contributed by atoms with Crippen molar-refractivity contribution in [3.63, 3.8) is 0 Å². The number of benzene rings is 1. The summed E-state index contributed by atoms with van der Waals surface area (Å²) in [6, 6.07) is 13.3. The molecule has 1 aliphatic rings. The van der Waals surface area contributed by atoms with E-state index >= 15 is 0 Å². The third-order valence-electron chi connectivity index (χ3n) is 5.44. The van der Waals surface area contributed by atoms with E-state index in [4.69, 9.17) is 0 Å². The van der Waals surface area contributed by atoms with E-state index in [0.29, 0.717) is 18.5 Å². The smallest absolute Gasteiger partial charge is 0.251 e. The van der Waals surface area contributed by atoms with Crippen molar-refractivity contribution in [3.8, 4) is 9.88 Å². The van der Waals surface area contributed by atoms with Crippen LogP contribution in [0, 0.1) is 0 Å². The third-order valence-corrected chi connectivity index (χ3v) is 7.46. The van der Waals surface area contributed by atoms with E-state index in [1.807, 2.05) is 34.5 Å². The lowest BCUT2D eigenvalue weighted by Gasteiger charge is -2.34. The molecular weight excluding hydrogens is 442 g/mol. The number of carbonyl (C=O) groups is 2. The first-order valence-electron chi connectivity index (χ1n) is 10.9. The van der Waals surface area contributed by atoms with Crippen LogP contribution in [0.25, 0.3) is 9.88 Å². The molecular formula is C23H27N5O2S2. The van der Waals surface area contributed by atoms with E-state index in [0.717, 1.165) is 60.5 Å². The normalized spacial score (nSPS) is 13.9. The quantitative estimate of drug-likeness (QED) is 0.481. The Labute approximate surface area is 196 Å². The molecule has 7 nitrogen and oxygen atoms in total. The van der Waals surface area contributed by atoms with Crippen molar-refractivity contribution >= 4 is 39.6 Å². The zero-order valence-electron chi connectivity index (χ0n) is 17.9. The van der Waals surface area contributed by atoms with Gasteiger partial charge in [0, 0.05) is 44.7 Å². The van der Waals surface area contributed by atoms with E-state index in [-0.39, 0.29) is 11.8 Å². The molecule has 1 aliphatic heterocycles. The van der Waals surface area contributed by atoms with Gasteiger partial charge in [0.2, 0.25) is 11.0 Å². The number of aromatic nitrogens is 2. The fourth-order valence-corrected chi connectivity index (χ4v) is 5.31. The second-order valence-electron chi connectivity index (χ2n) is 7.67. The number of rotatable bonds is 9. The summed E-state index contributed by atoms with van der Waals surface area (Å²) in [4.78, 5) is 29.9. The average molecular weight is 470 g/mol. The van der Waals surface area contributed by atoms with Crippen molar-refractivity contribution in [1.82, 2.24) is 20.4 Å². The van der Waals surface area contributed by atoms with Crippen molar-refractivity contribution in [2.45, 2.75) is 25.7 Å². The van der Waals surface area contributed by atoms with E-state index in [2.05, 4.69) is 26.5 Å². The molecule has 4 rings (SSSR count). The number of nitrogens with one attached hydrogen (secondary N) is 1. The van der Waals surface area contributed by atoms with Crippen LogP contribution in [0.15, 0.2) is 47.8 Å². The molecule has 2 aromatic heterocycles. The van der Waals surface area contributed by atoms with E-state index in [9.17, 15) is 9.59 Å². The monoisotopic (exact) mass is 469 g/mol. The highest BCUT2D eigenvalue weighted by Gasteiger charge is 2.23. The molecule has 9 heteroatoms. The number of piperazine rings is 1. The number of hydrogen-bond acceptors (Lipinski definition) is 7. The van der Waals surface area contributed by atoms with Crippen LogP contribution >= 0.6 is 22.7 Å². The Balaban J connectivity index is 1.11. The third kappa shape index (κ3) is 5.92. The summed E-state index contributed by atoms with van der Waals surface area (Å²) in [6.45, 7) is 3.66. The molecule has 0 atom stereocenters. The molecule has 2 amide bonds. The summed E-state index contributed by atoms with van der Waals surface area (Å²) >= 11 is 3.28. The van der Waals surface area contributed by atoms with Gasteiger partial charge in [-0.2, -0.15) is 0 Å². The van der Waals surface area contributed by atoms with Gasteiger partial charge in [0.15, 0.2) is 5.01 Å². The number of anilines is 1. The van der Waals surface area contributed by atoms with Crippen LogP contribution in [0.4, 0.5) is 5.13 Å². The van der Waals surface area contributed by atoms with Gasteiger partial charge in [-0.25, -0.2) is 0 Å². The van der Waals surface area contributed by atoms with Gasteiger partial charge in [-0.3, -0.25) is 9.59 Å². The minimum atomic E-state index is -0.0440. The second-order valence-corrected chi connectivity index (χ2v) is 9.57. The lowest BCUT2D eigenvalue weighted by Crippen LogP contribution is -2.48. The molecule has 32 heavy (non-hydrogen) atoms.